The van der Waals surface area contributed by atoms with Crippen LogP contribution in [0.25, 0.3) is 0 Å². The second-order valence-electron chi connectivity index (χ2n) is 6.45. The van der Waals surface area contributed by atoms with Crippen LogP contribution in [0.4, 0.5) is 10.1 Å². The smallest absolute Gasteiger partial charge is 0.318 e. The third kappa shape index (κ3) is 5.21. The van der Waals surface area contributed by atoms with Gasteiger partial charge in [0.1, 0.15) is 11.7 Å². The highest BCUT2D eigenvalue weighted by atomic mass is 35.5. The minimum Gasteiger partial charge on any atom is -0.452 e. The average Bonchev–Trinajstić information content (AvgIpc) is 2.71. The largest absolute Gasteiger partial charge is 0.452 e. The molecule has 6 heteroatoms. The number of halogens is 2. The van der Waals surface area contributed by atoms with Crippen molar-refractivity contribution < 1.29 is 18.7 Å². The quantitative estimate of drug-likeness (QED) is 0.568. The molecular weight excluding hydrogens is 393 g/mol. The van der Waals surface area contributed by atoms with Crippen molar-refractivity contribution in [1.29, 1.82) is 0 Å². The molecule has 29 heavy (non-hydrogen) atoms. The Morgan fingerprint density at radius 3 is 2.00 bits per heavy atom. The topological polar surface area (TPSA) is 55.4 Å². The number of hydrogen-bond acceptors (Lipinski definition) is 3. The molecule has 0 aliphatic heterocycles. The Morgan fingerprint density at radius 2 is 1.48 bits per heavy atom. The summed E-state index contributed by atoms with van der Waals surface area (Å²) in [6, 6.07) is 22.0. The lowest BCUT2D eigenvalue weighted by atomic mass is 9.91. The molecule has 148 valence electrons. The molecule has 0 aromatic heterocycles. The number of carbonyl (C=O) groups excluding carboxylic acids is 2. The first-order chi connectivity index (χ1) is 14.0. The normalized spacial score (nSPS) is 11.7. The van der Waals surface area contributed by atoms with E-state index in [4.69, 9.17) is 16.3 Å². The molecule has 0 aliphatic rings. The summed E-state index contributed by atoms with van der Waals surface area (Å²) >= 11 is 5.93. The van der Waals surface area contributed by atoms with Gasteiger partial charge < -0.3 is 10.1 Å². The summed E-state index contributed by atoms with van der Waals surface area (Å²) < 4.78 is 18.6. The van der Waals surface area contributed by atoms with Gasteiger partial charge in [0.25, 0.3) is 5.91 Å². The van der Waals surface area contributed by atoms with Crippen LogP contribution >= 0.6 is 11.6 Å². The molecule has 0 fully saturated rings. The predicted octanol–water partition coefficient (Wildman–Crippen LogP) is 5.18. The highest BCUT2D eigenvalue weighted by Gasteiger charge is 2.28. The maximum absolute atomic E-state index is 13.2. The number of benzene rings is 3. The molecule has 0 spiro atoms. The van der Waals surface area contributed by atoms with E-state index < -0.39 is 29.7 Å². The third-order valence-electron chi connectivity index (χ3n) is 4.35. The molecule has 1 N–H and O–H groups in total. The van der Waals surface area contributed by atoms with E-state index in [9.17, 15) is 14.0 Å². The Hall–Kier alpha value is -3.18. The van der Waals surface area contributed by atoms with Crippen LogP contribution in [0, 0.1) is 5.82 Å². The number of amides is 1. The van der Waals surface area contributed by atoms with Gasteiger partial charge in [-0.05, 0) is 36.2 Å². The lowest BCUT2D eigenvalue weighted by molar-refractivity contribution is -0.153. The molecular formula is C23H19ClFNO3. The van der Waals surface area contributed by atoms with Crippen LogP contribution in [-0.4, -0.2) is 18.0 Å². The third-order valence-corrected chi connectivity index (χ3v) is 4.67. The van der Waals surface area contributed by atoms with E-state index in [1.165, 1.54) is 19.1 Å². The fraction of sp³-hybridized carbons (Fsp3) is 0.130. The summed E-state index contributed by atoms with van der Waals surface area (Å²) in [4.78, 5) is 25.4. The Labute approximate surface area is 173 Å². The van der Waals surface area contributed by atoms with Crippen molar-refractivity contribution >= 4 is 29.2 Å². The standard InChI is InChI=1S/C23H19ClFNO3/c1-15(22(27)26-20-13-12-18(25)14-19(20)24)29-23(28)21(16-8-4-2-5-9-16)17-10-6-3-7-11-17/h2-15,21H,1H3,(H,26,27)/t15-/m0/s1. The summed E-state index contributed by atoms with van der Waals surface area (Å²) in [6.45, 7) is 1.47. The highest BCUT2D eigenvalue weighted by molar-refractivity contribution is 6.33. The van der Waals surface area contributed by atoms with E-state index in [0.29, 0.717) is 0 Å². The van der Waals surface area contributed by atoms with Gasteiger partial charge in [-0.25, -0.2) is 4.39 Å². The van der Waals surface area contributed by atoms with Crippen molar-refractivity contribution in [3.63, 3.8) is 0 Å². The molecule has 0 bridgehead atoms. The fourth-order valence-electron chi connectivity index (χ4n) is 2.88. The molecule has 3 aromatic rings. The Bertz CT molecular complexity index is 956. The van der Waals surface area contributed by atoms with Crippen molar-refractivity contribution in [2.75, 3.05) is 5.32 Å². The molecule has 0 saturated carbocycles. The second kappa shape index (κ2) is 9.34. The molecule has 4 nitrogen and oxygen atoms in total. The summed E-state index contributed by atoms with van der Waals surface area (Å²) in [7, 11) is 0. The number of rotatable bonds is 6. The van der Waals surface area contributed by atoms with E-state index in [0.717, 1.165) is 17.2 Å². The lowest BCUT2D eigenvalue weighted by Gasteiger charge is -2.20. The van der Waals surface area contributed by atoms with E-state index in [-0.39, 0.29) is 10.7 Å². The first-order valence-corrected chi connectivity index (χ1v) is 9.40. The predicted molar refractivity (Wildman–Crippen MR) is 110 cm³/mol. The minimum absolute atomic E-state index is 0.0586. The number of anilines is 1. The zero-order valence-electron chi connectivity index (χ0n) is 15.6. The van der Waals surface area contributed by atoms with Crippen molar-refractivity contribution in [1.82, 2.24) is 0 Å². The van der Waals surface area contributed by atoms with Gasteiger partial charge in [-0.15, -0.1) is 0 Å². The van der Waals surface area contributed by atoms with E-state index in [1.54, 1.807) is 0 Å². The summed E-state index contributed by atoms with van der Waals surface area (Å²) in [5, 5.41) is 2.60. The van der Waals surface area contributed by atoms with E-state index in [2.05, 4.69) is 5.32 Å². The average molecular weight is 412 g/mol. The van der Waals surface area contributed by atoms with Gasteiger partial charge in [-0.3, -0.25) is 9.59 Å². The molecule has 3 rings (SSSR count). The maximum atomic E-state index is 13.2. The number of esters is 1. The van der Waals surface area contributed by atoms with E-state index >= 15 is 0 Å². The first-order valence-electron chi connectivity index (χ1n) is 9.02. The minimum atomic E-state index is -1.07. The van der Waals surface area contributed by atoms with Crippen LogP contribution in [0.3, 0.4) is 0 Å². The van der Waals surface area contributed by atoms with Gasteiger partial charge in [-0.1, -0.05) is 72.3 Å². The molecule has 1 atom stereocenters. The van der Waals surface area contributed by atoms with Gasteiger partial charge in [-0.2, -0.15) is 0 Å². The summed E-state index contributed by atoms with van der Waals surface area (Å²) in [5.74, 6) is -2.29. The molecule has 0 aliphatic carbocycles. The van der Waals surface area contributed by atoms with Crippen LogP contribution < -0.4 is 5.32 Å². The number of carbonyl (C=O) groups is 2. The Balaban J connectivity index is 1.76. The molecule has 0 unspecified atom stereocenters. The molecule has 0 heterocycles. The number of nitrogens with one attached hydrogen (secondary N) is 1. The summed E-state index contributed by atoms with van der Waals surface area (Å²) in [6.07, 6.45) is -1.07. The van der Waals surface area contributed by atoms with Crippen molar-refractivity contribution in [3.8, 4) is 0 Å². The first kappa shape index (κ1) is 20.6. The number of ether oxygens (including phenoxy) is 1. The second-order valence-corrected chi connectivity index (χ2v) is 6.85. The Morgan fingerprint density at radius 1 is 0.931 bits per heavy atom. The van der Waals surface area contributed by atoms with Crippen molar-refractivity contribution in [3.05, 3.63) is 101 Å². The Kier molecular flexibility index (Phi) is 6.62. The van der Waals surface area contributed by atoms with Gasteiger partial charge in [0, 0.05) is 0 Å². The highest BCUT2D eigenvalue weighted by Crippen LogP contribution is 2.27. The number of hydrogen-bond donors (Lipinski definition) is 1. The molecule has 0 saturated heterocycles. The van der Waals surface area contributed by atoms with Crippen LogP contribution in [0.1, 0.15) is 24.0 Å². The fourth-order valence-corrected chi connectivity index (χ4v) is 3.09. The zero-order valence-corrected chi connectivity index (χ0v) is 16.4. The van der Waals surface area contributed by atoms with Crippen LogP contribution in [0.15, 0.2) is 78.9 Å². The van der Waals surface area contributed by atoms with E-state index in [1.807, 2.05) is 60.7 Å². The monoisotopic (exact) mass is 411 g/mol. The van der Waals surface area contributed by atoms with Crippen LogP contribution in [0.5, 0.6) is 0 Å². The van der Waals surface area contributed by atoms with Crippen molar-refractivity contribution in [2.45, 2.75) is 18.9 Å². The molecule has 0 radical (unpaired) electrons. The van der Waals surface area contributed by atoms with Gasteiger partial charge >= 0.3 is 5.97 Å². The summed E-state index contributed by atoms with van der Waals surface area (Å²) in [5.41, 5.74) is 1.76. The maximum Gasteiger partial charge on any atom is 0.318 e. The lowest BCUT2D eigenvalue weighted by Crippen LogP contribution is -2.32. The van der Waals surface area contributed by atoms with Gasteiger partial charge in [0.15, 0.2) is 6.10 Å². The van der Waals surface area contributed by atoms with Crippen molar-refractivity contribution in [2.24, 2.45) is 0 Å². The SMILES string of the molecule is C[C@H](OC(=O)C(c1ccccc1)c1ccccc1)C(=O)Nc1ccc(F)cc1Cl. The molecule has 3 aromatic carbocycles. The van der Waals surface area contributed by atoms with Crippen LogP contribution in [0.2, 0.25) is 5.02 Å². The van der Waals surface area contributed by atoms with Gasteiger partial charge in [0.2, 0.25) is 0 Å². The van der Waals surface area contributed by atoms with Gasteiger partial charge in [0.05, 0.1) is 10.7 Å². The zero-order chi connectivity index (χ0) is 20.8. The molecule has 1 amide bonds. The van der Waals surface area contributed by atoms with Crippen LogP contribution in [-0.2, 0) is 14.3 Å².